The van der Waals surface area contributed by atoms with Crippen LogP contribution in [-0.2, 0) is 4.74 Å². The van der Waals surface area contributed by atoms with Gasteiger partial charge in [-0.25, -0.2) is 17.9 Å². The lowest BCUT2D eigenvalue weighted by Gasteiger charge is -2.53. The SMILES string of the molecule is O=C(c1ccccc1)N1CCC[C@]2(C1)O[C@H](CO)[C@H](O)[C@H](n1cc(-c3cc(F)c(F)c(F)c3)nn1)[C@H]2O. The lowest BCUT2D eigenvalue weighted by atomic mass is 9.78. The molecule has 2 aromatic carbocycles. The first-order chi connectivity index (χ1) is 17.7. The van der Waals surface area contributed by atoms with Crippen LogP contribution in [0, 0.1) is 17.5 Å². The minimum atomic E-state index is -1.62. The number of likely N-dealkylation sites (tertiary alicyclic amines) is 1. The van der Waals surface area contributed by atoms with Gasteiger partial charge in [-0.3, -0.25) is 4.79 Å². The molecule has 2 aliphatic heterocycles. The van der Waals surface area contributed by atoms with Gasteiger partial charge >= 0.3 is 0 Å². The number of hydrogen-bond donors (Lipinski definition) is 3. The molecule has 3 heterocycles. The van der Waals surface area contributed by atoms with Gasteiger partial charge in [0.15, 0.2) is 17.5 Å². The van der Waals surface area contributed by atoms with Crippen LogP contribution in [0.1, 0.15) is 29.2 Å². The number of aliphatic hydroxyl groups excluding tert-OH is 3. The summed E-state index contributed by atoms with van der Waals surface area (Å²) in [5.74, 6) is -4.67. The van der Waals surface area contributed by atoms with Gasteiger partial charge in [0.05, 0.1) is 19.3 Å². The van der Waals surface area contributed by atoms with Gasteiger partial charge in [0.25, 0.3) is 5.91 Å². The van der Waals surface area contributed by atoms with Crippen LogP contribution in [0.15, 0.2) is 48.7 Å². The van der Waals surface area contributed by atoms with Crippen molar-refractivity contribution in [3.8, 4) is 11.3 Å². The maximum absolute atomic E-state index is 13.7. The fourth-order valence-electron chi connectivity index (χ4n) is 5.19. The molecule has 37 heavy (non-hydrogen) atoms. The van der Waals surface area contributed by atoms with Crippen LogP contribution >= 0.6 is 0 Å². The van der Waals surface area contributed by atoms with Crippen molar-refractivity contribution in [3.05, 3.63) is 71.7 Å². The topological polar surface area (TPSA) is 121 Å². The van der Waals surface area contributed by atoms with Crippen LogP contribution < -0.4 is 0 Å². The largest absolute Gasteiger partial charge is 0.394 e. The number of carbonyl (C=O) groups excluding carboxylic acids is 1. The van der Waals surface area contributed by atoms with Crippen molar-refractivity contribution >= 4 is 5.91 Å². The Bertz CT molecular complexity index is 1270. The first kappa shape index (κ1) is 25.3. The van der Waals surface area contributed by atoms with Crippen molar-refractivity contribution in [1.29, 1.82) is 0 Å². The molecule has 0 saturated carbocycles. The summed E-state index contributed by atoms with van der Waals surface area (Å²) < 4.78 is 48.1. The maximum atomic E-state index is 13.7. The molecule has 2 fully saturated rings. The Balaban J connectivity index is 1.46. The minimum Gasteiger partial charge on any atom is -0.394 e. The van der Waals surface area contributed by atoms with E-state index in [1.165, 1.54) is 6.20 Å². The Morgan fingerprint density at radius 1 is 1.14 bits per heavy atom. The molecule has 5 atom stereocenters. The quantitative estimate of drug-likeness (QED) is 0.450. The molecule has 12 heteroatoms. The molecule has 9 nitrogen and oxygen atoms in total. The molecule has 2 saturated heterocycles. The summed E-state index contributed by atoms with van der Waals surface area (Å²) >= 11 is 0. The zero-order chi connectivity index (χ0) is 26.3. The van der Waals surface area contributed by atoms with E-state index < -0.39 is 54.0 Å². The van der Waals surface area contributed by atoms with Crippen LogP contribution in [0.3, 0.4) is 0 Å². The number of carbonyl (C=O) groups is 1. The van der Waals surface area contributed by atoms with E-state index in [4.69, 9.17) is 4.74 Å². The number of rotatable bonds is 4. The molecule has 0 aliphatic carbocycles. The van der Waals surface area contributed by atoms with E-state index in [2.05, 4.69) is 10.3 Å². The fraction of sp³-hybridized carbons (Fsp3) is 0.400. The minimum absolute atomic E-state index is 0.00243. The van der Waals surface area contributed by atoms with Crippen molar-refractivity contribution < 1.29 is 38.0 Å². The second-order valence-electron chi connectivity index (χ2n) is 9.36. The van der Waals surface area contributed by atoms with Gasteiger partial charge < -0.3 is 25.0 Å². The molecule has 5 rings (SSSR count). The molecule has 0 bridgehead atoms. The molecule has 196 valence electrons. The molecule has 1 spiro atoms. The van der Waals surface area contributed by atoms with E-state index >= 15 is 0 Å². The Labute approximate surface area is 209 Å². The van der Waals surface area contributed by atoms with Gasteiger partial charge in [-0.1, -0.05) is 23.4 Å². The van der Waals surface area contributed by atoms with Gasteiger partial charge in [-0.05, 0) is 37.1 Å². The van der Waals surface area contributed by atoms with E-state index in [1.807, 2.05) is 0 Å². The van der Waals surface area contributed by atoms with E-state index in [-0.39, 0.29) is 23.7 Å². The second kappa shape index (κ2) is 9.86. The monoisotopic (exact) mass is 518 g/mol. The van der Waals surface area contributed by atoms with Gasteiger partial charge in [0.2, 0.25) is 0 Å². The van der Waals surface area contributed by atoms with Crippen molar-refractivity contribution in [2.24, 2.45) is 0 Å². The van der Waals surface area contributed by atoms with E-state index in [9.17, 15) is 33.3 Å². The Morgan fingerprint density at radius 2 is 1.84 bits per heavy atom. The third-order valence-electron chi connectivity index (χ3n) is 7.05. The summed E-state index contributed by atoms with van der Waals surface area (Å²) in [5.41, 5.74) is -0.979. The van der Waals surface area contributed by atoms with Crippen LogP contribution in [0.5, 0.6) is 0 Å². The van der Waals surface area contributed by atoms with Gasteiger partial charge in [-0.2, -0.15) is 0 Å². The van der Waals surface area contributed by atoms with Crippen molar-refractivity contribution in [3.63, 3.8) is 0 Å². The van der Waals surface area contributed by atoms with E-state index in [1.54, 1.807) is 35.2 Å². The standard InChI is InChI=1S/C25H25F3N4O5/c26-16-9-15(10-17(27)20(16)28)18-11-32(30-29-18)21-22(34)19(12-33)37-25(23(21)35)7-4-8-31(13-25)24(36)14-5-2-1-3-6-14/h1-3,5-6,9-11,19,21-23,33-35H,4,7-8,12-13H2/t19-,21+,22+,23-,25-/m1/s1. The predicted molar refractivity (Wildman–Crippen MR) is 123 cm³/mol. The first-order valence-corrected chi connectivity index (χ1v) is 11.8. The highest BCUT2D eigenvalue weighted by molar-refractivity contribution is 5.94. The highest BCUT2D eigenvalue weighted by atomic mass is 19.2. The van der Waals surface area contributed by atoms with E-state index in [0.717, 1.165) is 16.8 Å². The summed E-state index contributed by atoms with van der Waals surface area (Å²) in [5, 5.41) is 40.2. The summed E-state index contributed by atoms with van der Waals surface area (Å²) in [6.07, 6.45) is -1.86. The van der Waals surface area contributed by atoms with Crippen molar-refractivity contribution in [2.75, 3.05) is 19.7 Å². The molecular weight excluding hydrogens is 493 g/mol. The number of benzene rings is 2. The number of halogens is 3. The number of ether oxygens (including phenoxy) is 1. The number of aliphatic hydroxyl groups is 3. The summed E-state index contributed by atoms with van der Waals surface area (Å²) in [6, 6.07) is 9.00. The third-order valence-corrected chi connectivity index (χ3v) is 7.05. The highest BCUT2D eigenvalue weighted by Crippen LogP contribution is 2.42. The van der Waals surface area contributed by atoms with Crippen LogP contribution in [0.4, 0.5) is 13.2 Å². The van der Waals surface area contributed by atoms with Gasteiger partial charge in [0.1, 0.15) is 35.6 Å². The Hall–Kier alpha value is -3.32. The normalized spacial score (nSPS) is 28.0. The fourth-order valence-corrected chi connectivity index (χ4v) is 5.19. The zero-order valence-electron chi connectivity index (χ0n) is 19.5. The number of nitrogens with zero attached hydrogens (tertiary/aromatic N) is 4. The first-order valence-electron chi connectivity index (χ1n) is 11.8. The lowest BCUT2D eigenvalue weighted by Crippen LogP contribution is -2.68. The predicted octanol–water partition coefficient (Wildman–Crippen LogP) is 1.69. The molecule has 1 amide bonds. The summed E-state index contributed by atoms with van der Waals surface area (Å²) in [7, 11) is 0. The molecule has 2 aliphatic rings. The Kier molecular flexibility index (Phi) is 6.75. The zero-order valence-corrected chi connectivity index (χ0v) is 19.5. The maximum Gasteiger partial charge on any atom is 0.253 e. The number of aromatic nitrogens is 3. The van der Waals surface area contributed by atoms with Crippen LogP contribution in [0.2, 0.25) is 0 Å². The van der Waals surface area contributed by atoms with Crippen molar-refractivity contribution in [2.45, 2.75) is 42.8 Å². The molecule has 0 radical (unpaired) electrons. The molecule has 0 unspecified atom stereocenters. The third kappa shape index (κ3) is 4.50. The summed E-state index contributed by atoms with van der Waals surface area (Å²) in [4.78, 5) is 14.7. The number of amides is 1. The van der Waals surface area contributed by atoms with E-state index in [0.29, 0.717) is 24.9 Å². The molecule has 1 aromatic heterocycles. The molecule has 3 aromatic rings. The number of hydrogen-bond acceptors (Lipinski definition) is 7. The second-order valence-corrected chi connectivity index (χ2v) is 9.36. The van der Waals surface area contributed by atoms with Crippen LogP contribution in [-0.4, -0.2) is 84.7 Å². The van der Waals surface area contributed by atoms with Crippen molar-refractivity contribution in [1.82, 2.24) is 19.9 Å². The van der Waals surface area contributed by atoms with Crippen LogP contribution in [0.25, 0.3) is 11.3 Å². The highest BCUT2D eigenvalue weighted by Gasteiger charge is 2.56. The molecule has 3 N–H and O–H groups in total. The average Bonchev–Trinajstić information content (AvgIpc) is 3.39. The lowest BCUT2D eigenvalue weighted by molar-refractivity contribution is -0.266. The Morgan fingerprint density at radius 3 is 2.51 bits per heavy atom. The summed E-state index contributed by atoms with van der Waals surface area (Å²) in [6.45, 7) is -0.149. The number of piperidine rings is 1. The van der Waals surface area contributed by atoms with Gasteiger partial charge in [0, 0.05) is 17.7 Å². The average molecular weight is 518 g/mol. The molecular formula is C25H25F3N4O5. The smallest absolute Gasteiger partial charge is 0.253 e. The van der Waals surface area contributed by atoms with Gasteiger partial charge in [-0.15, -0.1) is 5.10 Å².